The molecule has 5 nitrogen and oxygen atoms in total. The first-order valence-electron chi connectivity index (χ1n) is 8.81. The van der Waals surface area contributed by atoms with E-state index in [2.05, 4.69) is 4.99 Å². The van der Waals surface area contributed by atoms with Crippen LogP contribution in [0.4, 0.5) is 18.9 Å². The third kappa shape index (κ3) is 4.35. The van der Waals surface area contributed by atoms with Gasteiger partial charge in [-0.05, 0) is 43.2 Å². The maximum atomic E-state index is 14.1. The van der Waals surface area contributed by atoms with Gasteiger partial charge < -0.3 is 14.7 Å². The molecule has 29 heavy (non-hydrogen) atoms. The minimum absolute atomic E-state index is 0.147. The number of halogens is 3. The Morgan fingerprint density at radius 3 is 2.34 bits per heavy atom. The molecule has 1 unspecified atom stereocenters. The monoisotopic (exact) mass is 405 g/mol. The number of nitriles is 1. The molecule has 0 radical (unpaired) electrons. The van der Waals surface area contributed by atoms with E-state index in [0.29, 0.717) is 17.8 Å². The molecule has 0 aliphatic carbocycles. The molecule has 0 saturated heterocycles. The topological polar surface area (TPSA) is 68.8 Å². The molecule has 1 N–H and O–H groups in total. The molecule has 0 saturated carbocycles. The summed E-state index contributed by atoms with van der Waals surface area (Å²) in [5, 5.41) is 19.8. The maximum absolute atomic E-state index is 14.1. The average Bonchev–Trinajstić information content (AvgIpc) is 2.70. The van der Waals surface area contributed by atoms with E-state index in [9.17, 15) is 18.3 Å². The fourth-order valence-electron chi connectivity index (χ4n) is 2.77. The number of aryl methyl sites for hydroxylation is 1. The molecular weight excluding hydrogens is 383 g/mol. The number of hydrogen-bond donors (Lipinski definition) is 1. The van der Waals surface area contributed by atoms with Crippen molar-refractivity contribution in [1.29, 1.82) is 5.26 Å². The molecule has 0 aliphatic rings. The van der Waals surface area contributed by atoms with Gasteiger partial charge in [-0.3, -0.25) is 0 Å². The van der Waals surface area contributed by atoms with Gasteiger partial charge in [-0.2, -0.15) is 18.4 Å². The number of benzene rings is 2. The summed E-state index contributed by atoms with van der Waals surface area (Å²) in [6, 6.07) is 9.06. The van der Waals surface area contributed by atoms with Crippen LogP contribution in [0.3, 0.4) is 0 Å². The van der Waals surface area contributed by atoms with Crippen molar-refractivity contribution in [2.75, 3.05) is 20.7 Å². The van der Waals surface area contributed by atoms with Crippen molar-refractivity contribution in [2.24, 2.45) is 4.99 Å². The third-order valence-corrected chi connectivity index (χ3v) is 4.64. The zero-order valence-corrected chi connectivity index (χ0v) is 16.6. The van der Waals surface area contributed by atoms with Crippen molar-refractivity contribution in [2.45, 2.75) is 25.6 Å². The third-order valence-electron chi connectivity index (χ3n) is 4.64. The number of nitrogens with zero attached hydrogens (tertiary/aromatic N) is 3. The van der Waals surface area contributed by atoms with E-state index >= 15 is 0 Å². The van der Waals surface area contributed by atoms with E-state index in [1.807, 2.05) is 24.9 Å². The predicted octanol–water partition coefficient (Wildman–Crippen LogP) is 4.29. The molecule has 0 aliphatic heterocycles. The number of methoxy groups -OCH3 is 1. The van der Waals surface area contributed by atoms with E-state index in [0.717, 1.165) is 12.1 Å². The first-order valence-corrected chi connectivity index (χ1v) is 8.81. The number of alkyl halides is 3. The van der Waals surface area contributed by atoms with Gasteiger partial charge in [-0.1, -0.05) is 12.1 Å². The molecule has 8 heteroatoms. The van der Waals surface area contributed by atoms with Crippen LogP contribution in [-0.4, -0.2) is 43.2 Å². The molecule has 1 atom stereocenters. The Labute approximate surface area is 167 Å². The first kappa shape index (κ1) is 22.2. The molecule has 0 bridgehead atoms. The van der Waals surface area contributed by atoms with Crippen molar-refractivity contribution in [3.05, 3.63) is 58.7 Å². The summed E-state index contributed by atoms with van der Waals surface area (Å²) in [5.74, 6) is -0.147. The van der Waals surface area contributed by atoms with E-state index in [1.165, 1.54) is 31.4 Å². The SMILES string of the molecule is CCN(C)/C=N/c1cc(OC)c(C(O)(c2ccc(C#N)cc2)C(F)(F)F)cc1C. The smallest absolute Gasteiger partial charge is 0.425 e. The van der Waals surface area contributed by atoms with Crippen LogP contribution >= 0.6 is 0 Å². The summed E-state index contributed by atoms with van der Waals surface area (Å²) in [6.07, 6.45) is -3.47. The molecule has 2 rings (SSSR count). The van der Waals surface area contributed by atoms with Crippen LogP contribution in [0.5, 0.6) is 5.75 Å². The van der Waals surface area contributed by atoms with Crippen molar-refractivity contribution in [1.82, 2.24) is 4.90 Å². The Bertz CT molecular complexity index is 934. The standard InChI is InChI=1S/C21H22F3N3O2/c1-5-27(3)13-26-18-11-19(29-4)17(10-14(18)2)20(28,21(22,23)24)16-8-6-15(12-25)7-9-16/h6-11,13,28H,5H2,1-4H3/b26-13+. The molecule has 2 aromatic rings. The second kappa shape index (κ2) is 8.53. The van der Waals surface area contributed by atoms with Crippen LogP contribution in [0.2, 0.25) is 0 Å². The normalized spacial score (nSPS) is 13.8. The zero-order chi connectivity index (χ0) is 21.8. The molecule has 0 aromatic heterocycles. The van der Waals surface area contributed by atoms with Crippen molar-refractivity contribution >= 4 is 12.0 Å². The minimum Gasteiger partial charge on any atom is -0.496 e. The maximum Gasteiger partial charge on any atom is 0.425 e. The lowest BCUT2D eigenvalue weighted by Gasteiger charge is -2.33. The van der Waals surface area contributed by atoms with Gasteiger partial charge in [0.2, 0.25) is 5.60 Å². The Hall–Kier alpha value is -3.05. The van der Waals surface area contributed by atoms with Gasteiger partial charge in [0.05, 0.1) is 30.8 Å². The van der Waals surface area contributed by atoms with Crippen LogP contribution in [-0.2, 0) is 5.60 Å². The average molecular weight is 405 g/mol. The minimum atomic E-state index is -5.03. The highest BCUT2D eigenvalue weighted by Gasteiger charge is 2.57. The summed E-state index contributed by atoms with van der Waals surface area (Å²) in [5.41, 5.74) is -3.13. The summed E-state index contributed by atoms with van der Waals surface area (Å²) in [7, 11) is 3.05. The zero-order valence-electron chi connectivity index (χ0n) is 16.6. The highest BCUT2D eigenvalue weighted by molar-refractivity contribution is 5.66. The summed E-state index contributed by atoms with van der Waals surface area (Å²) < 4.78 is 47.5. The molecule has 0 heterocycles. The fourth-order valence-corrected chi connectivity index (χ4v) is 2.77. The summed E-state index contributed by atoms with van der Waals surface area (Å²) in [4.78, 5) is 6.10. The second-order valence-corrected chi connectivity index (χ2v) is 6.55. The lowest BCUT2D eigenvalue weighted by atomic mass is 9.83. The molecule has 154 valence electrons. The second-order valence-electron chi connectivity index (χ2n) is 6.55. The van der Waals surface area contributed by atoms with Crippen molar-refractivity contribution in [3.8, 4) is 11.8 Å². The highest BCUT2D eigenvalue weighted by atomic mass is 19.4. The van der Waals surface area contributed by atoms with Gasteiger partial charge in [-0.25, -0.2) is 4.99 Å². The van der Waals surface area contributed by atoms with Crippen LogP contribution in [0, 0.1) is 18.3 Å². The molecule has 0 fully saturated rings. The van der Waals surface area contributed by atoms with E-state index < -0.39 is 22.9 Å². The fraction of sp³-hybridized carbons (Fsp3) is 0.333. The van der Waals surface area contributed by atoms with E-state index in [1.54, 1.807) is 13.3 Å². The Morgan fingerprint density at radius 1 is 1.24 bits per heavy atom. The van der Waals surface area contributed by atoms with Gasteiger partial charge in [0.25, 0.3) is 0 Å². The molecule has 0 spiro atoms. The Balaban J connectivity index is 2.69. The molecule has 2 aromatic carbocycles. The summed E-state index contributed by atoms with van der Waals surface area (Å²) in [6.45, 7) is 4.25. The van der Waals surface area contributed by atoms with Gasteiger partial charge in [0, 0.05) is 25.2 Å². The van der Waals surface area contributed by atoms with Crippen LogP contribution < -0.4 is 4.74 Å². The molecular formula is C21H22F3N3O2. The number of ether oxygens (including phenoxy) is 1. The van der Waals surface area contributed by atoms with Gasteiger partial charge in [0.15, 0.2) is 0 Å². The van der Waals surface area contributed by atoms with Crippen molar-refractivity contribution in [3.63, 3.8) is 0 Å². The predicted molar refractivity (Wildman–Crippen MR) is 104 cm³/mol. The first-order chi connectivity index (χ1) is 13.6. The van der Waals surface area contributed by atoms with Crippen LogP contribution in [0.25, 0.3) is 0 Å². The van der Waals surface area contributed by atoms with Gasteiger partial charge in [-0.15, -0.1) is 0 Å². The lowest BCUT2D eigenvalue weighted by Crippen LogP contribution is -2.43. The number of rotatable bonds is 6. The van der Waals surface area contributed by atoms with Gasteiger partial charge >= 0.3 is 6.18 Å². The quantitative estimate of drug-likeness (QED) is 0.575. The van der Waals surface area contributed by atoms with Crippen molar-refractivity contribution < 1.29 is 23.0 Å². The highest BCUT2D eigenvalue weighted by Crippen LogP contribution is 2.48. The number of hydrogen-bond acceptors (Lipinski definition) is 4. The number of aliphatic imine (C=N–C) groups is 1. The Morgan fingerprint density at radius 2 is 1.86 bits per heavy atom. The Kier molecular flexibility index (Phi) is 6.55. The van der Waals surface area contributed by atoms with Crippen LogP contribution in [0.1, 0.15) is 29.2 Å². The molecule has 0 amide bonds. The summed E-state index contributed by atoms with van der Waals surface area (Å²) >= 11 is 0. The van der Waals surface area contributed by atoms with E-state index in [-0.39, 0.29) is 11.3 Å². The van der Waals surface area contributed by atoms with Crippen LogP contribution in [0.15, 0.2) is 41.4 Å². The van der Waals surface area contributed by atoms with Gasteiger partial charge in [0.1, 0.15) is 5.75 Å². The van der Waals surface area contributed by atoms with E-state index in [4.69, 9.17) is 10.00 Å². The largest absolute Gasteiger partial charge is 0.496 e. The number of aliphatic hydroxyl groups is 1. The lowest BCUT2D eigenvalue weighted by molar-refractivity contribution is -0.248.